The second-order valence-electron chi connectivity index (χ2n) is 6.96. The molecule has 1 amide bonds. The Hall–Kier alpha value is -3.95. The highest BCUT2D eigenvalue weighted by atomic mass is 35.5. The van der Waals surface area contributed by atoms with E-state index in [-0.39, 0.29) is 25.5 Å². The average molecular weight is 447 g/mol. The van der Waals surface area contributed by atoms with Gasteiger partial charge in [-0.1, -0.05) is 54.1 Å². The fraction of sp³-hybridized carbons (Fsp3) is 0.120. The number of fused-ring (bicyclic) bond motifs is 1. The normalized spacial score (nSPS) is 12.2. The second kappa shape index (κ2) is 9.90. The number of rotatable bonds is 7. The van der Waals surface area contributed by atoms with Crippen LogP contribution in [0.15, 0.2) is 72.3 Å². The zero-order valence-corrected chi connectivity index (χ0v) is 17.8. The highest BCUT2D eigenvalue weighted by molar-refractivity contribution is 6.31. The fourth-order valence-corrected chi connectivity index (χ4v) is 3.33. The first-order valence-electron chi connectivity index (χ1n) is 9.88. The smallest absolute Gasteiger partial charge is 0.262 e. The molecule has 1 N–H and O–H groups in total. The summed E-state index contributed by atoms with van der Waals surface area (Å²) in [5, 5.41) is 12.9. The van der Waals surface area contributed by atoms with Gasteiger partial charge in [0.1, 0.15) is 24.0 Å². The number of ether oxygens (including phenoxy) is 3. The van der Waals surface area contributed by atoms with E-state index in [1.54, 1.807) is 30.3 Å². The van der Waals surface area contributed by atoms with E-state index < -0.39 is 5.91 Å². The molecule has 0 radical (unpaired) electrons. The van der Waals surface area contributed by atoms with Crippen molar-refractivity contribution in [1.82, 2.24) is 5.32 Å². The molecule has 0 aromatic heterocycles. The highest BCUT2D eigenvalue weighted by Gasteiger charge is 2.15. The van der Waals surface area contributed by atoms with Crippen LogP contribution < -0.4 is 19.5 Å². The molecule has 3 aromatic rings. The summed E-state index contributed by atoms with van der Waals surface area (Å²) >= 11 is 6.19. The Kier molecular flexibility index (Phi) is 6.59. The summed E-state index contributed by atoms with van der Waals surface area (Å²) < 4.78 is 16.5. The van der Waals surface area contributed by atoms with Gasteiger partial charge in [-0.25, -0.2) is 0 Å². The molecule has 0 saturated heterocycles. The number of para-hydroxylation sites is 1. The van der Waals surface area contributed by atoms with Gasteiger partial charge in [0, 0.05) is 22.7 Å². The van der Waals surface area contributed by atoms with Crippen LogP contribution in [0.1, 0.15) is 16.7 Å². The summed E-state index contributed by atoms with van der Waals surface area (Å²) in [6, 6.07) is 22.0. The van der Waals surface area contributed by atoms with Gasteiger partial charge in [0.25, 0.3) is 5.91 Å². The Balaban J connectivity index is 1.45. The first kappa shape index (κ1) is 21.3. The third kappa shape index (κ3) is 5.02. The minimum Gasteiger partial charge on any atom is -0.488 e. The molecule has 160 valence electrons. The van der Waals surface area contributed by atoms with Crippen LogP contribution >= 0.6 is 11.6 Å². The van der Waals surface area contributed by atoms with Crippen molar-refractivity contribution < 1.29 is 19.0 Å². The maximum atomic E-state index is 12.6. The Morgan fingerprint density at radius 1 is 1.09 bits per heavy atom. The van der Waals surface area contributed by atoms with Crippen molar-refractivity contribution in [2.75, 3.05) is 6.79 Å². The number of halogens is 1. The maximum Gasteiger partial charge on any atom is 0.262 e. The van der Waals surface area contributed by atoms with Crippen LogP contribution in [0.4, 0.5) is 0 Å². The van der Waals surface area contributed by atoms with E-state index in [4.69, 9.17) is 25.8 Å². The van der Waals surface area contributed by atoms with Crippen LogP contribution in [-0.2, 0) is 17.9 Å². The summed E-state index contributed by atoms with van der Waals surface area (Å²) in [6.07, 6.45) is 1.51. The molecule has 3 aromatic carbocycles. The van der Waals surface area contributed by atoms with Crippen molar-refractivity contribution in [1.29, 1.82) is 5.26 Å². The first-order chi connectivity index (χ1) is 15.6. The van der Waals surface area contributed by atoms with Gasteiger partial charge in [-0.3, -0.25) is 4.79 Å². The van der Waals surface area contributed by atoms with E-state index in [2.05, 4.69) is 5.32 Å². The van der Waals surface area contributed by atoms with Crippen molar-refractivity contribution in [2.45, 2.75) is 13.2 Å². The number of carbonyl (C=O) groups excluding carboxylic acids is 1. The molecular weight excluding hydrogens is 428 g/mol. The lowest BCUT2D eigenvalue weighted by Crippen LogP contribution is -2.23. The SMILES string of the molecule is N#CC(=Cc1ccccc1OCc1ccccc1Cl)C(=O)NCc1ccc2c(c1)OCO2. The zero-order valence-electron chi connectivity index (χ0n) is 17.0. The molecule has 0 spiro atoms. The number of nitriles is 1. The zero-order chi connectivity index (χ0) is 22.3. The van der Waals surface area contributed by atoms with Gasteiger partial charge in [0.05, 0.1) is 0 Å². The van der Waals surface area contributed by atoms with E-state index in [0.717, 1.165) is 11.1 Å². The monoisotopic (exact) mass is 446 g/mol. The molecule has 0 bridgehead atoms. The standard InChI is InChI=1S/C25H19ClN2O4/c26-21-7-3-1-6-19(21)15-30-22-8-4-2-5-18(22)12-20(13-27)25(29)28-14-17-9-10-23-24(11-17)32-16-31-23/h1-12H,14-16H2,(H,28,29). The van der Waals surface area contributed by atoms with Gasteiger partial charge in [0.2, 0.25) is 6.79 Å². The van der Waals surface area contributed by atoms with Crippen LogP contribution in [0, 0.1) is 11.3 Å². The quantitative estimate of drug-likeness (QED) is 0.413. The van der Waals surface area contributed by atoms with E-state index in [0.29, 0.717) is 27.8 Å². The number of hydrogen-bond donors (Lipinski definition) is 1. The molecule has 0 atom stereocenters. The Labute approximate surface area is 190 Å². The number of amides is 1. The second-order valence-corrected chi connectivity index (χ2v) is 7.37. The van der Waals surface area contributed by atoms with E-state index >= 15 is 0 Å². The summed E-state index contributed by atoms with van der Waals surface area (Å²) in [5.41, 5.74) is 2.27. The minimum atomic E-state index is -0.480. The molecule has 32 heavy (non-hydrogen) atoms. The lowest BCUT2D eigenvalue weighted by molar-refractivity contribution is -0.117. The Morgan fingerprint density at radius 2 is 1.88 bits per heavy atom. The Morgan fingerprint density at radius 3 is 2.72 bits per heavy atom. The summed E-state index contributed by atoms with van der Waals surface area (Å²) in [4.78, 5) is 12.6. The molecule has 4 rings (SSSR count). The van der Waals surface area contributed by atoms with E-state index in [1.807, 2.05) is 42.5 Å². The third-order valence-electron chi connectivity index (χ3n) is 4.81. The van der Waals surface area contributed by atoms with Crippen LogP contribution in [0.3, 0.4) is 0 Å². The van der Waals surface area contributed by atoms with E-state index in [9.17, 15) is 10.1 Å². The molecule has 0 fully saturated rings. The van der Waals surface area contributed by atoms with Crippen LogP contribution in [-0.4, -0.2) is 12.7 Å². The number of nitrogens with zero attached hydrogens (tertiary/aromatic N) is 1. The lowest BCUT2D eigenvalue weighted by atomic mass is 10.1. The largest absolute Gasteiger partial charge is 0.488 e. The molecule has 1 aliphatic heterocycles. The maximum absolute atomic E-state index is 12.6. The van der Waals surface area contributed by atoms with Gasteiger partial charge in [-0.05, 0) is 35.9 Å². The summed E-state index contributed by atoms with van der Waals surface area (Å²) in [5.74, 6) is 1.37. The predicted octanol–water partition coefficient (Wildman–Crippen LogP) is 4.87. The van der Waals surface area contributed by atoms with Crippen LogP contribution in [0.25, 0.3) is 6.08 Å². The first-order valence-corrected chi connectivity index (χ1v) is 10.3. The molecule has 0 aliphatic carbocycles. The van der Waals surface area contributed by atoms with Crippen molar-refractivity contribution in [3.05, 3.63) is 94.0 Å². The molecular formula is C25H19ClN2O4. The predicted molar refractivity (Wildman–Crippen MR) is 120 cm³/mol. The molecule has 1 aliphatic rings. The van der Waals surface area contributed by atoms with Crippen molar-refractivity contribution in [3.63, 3.8) is 0 Å². The summed E-state index contributed by atoms with van der Waals surface area (Å²) in [7, 11) is 0. The van der Waals surface area contributed by atoms with Gasteiger partial charge in [-0.2, -0.15) is 5.26 Å². The molecule has 0 unspecified atom stereocenters. The van der Waals surface area contributed by atoms with Crippen LogP contribution in [0.2, 0.25) is 5.02 Å². The Bertz CT molecular complexity index is 1220. The van der Waals surface area contributed by atoms with Crippen molar-refractivity contribution in [3.8, 4) is 23.3 Å². The summed E-state index contributed by atoms with van der Waals surface area (Å²) in [6.45, 7) is 0.701. The average Bonchev–Trinajstić information content (AvgIpc) is 3.29. The van der Waals surface area contributed by atoms with Gasteiger partial charge in [0.15, 0.2) is 11.5 Å². The molecule has 1 heterocycles. The topological polar surface area (TPSA) is 80.6 Å². The third-order valence-corrected chi connectivity index (χ3v) is 5.18. The number of hydrogen-bond acceptors (Lipinski definition) is 5. The molecule has 0 saturated carbocycles. The van der Waals surface area contributed by atoms with Crippen molar-refractivity contribution in [2.24, 2.45) is 0 Å². The number of benzene rings is 3. The van der Waals surface area contributed by atoms with Gasteiger partial charge in [-0.15, -0.1) is 0 Å². The van der Waals surface area contributed by atoms with Gasteiger partial charge < -0.3 is 19.5 Å². The highest BCUT2D eigenvalue weighted by Crippen LogP contribution is 2.32. The number of carbonyl (C=O) groups is 1. The minimum absolute atomic E-state index is 0.0282. The lowest BCUT2D eigenvalue weighted by Gasteiger charge is -2.11. The van der Waals surface area contributed by atoms with Crippen LogP contribution in [0.5, 0.6) is 17.2 Å². The van der Waals surface area contributed by atoms with Crippen molar-refractivity contribution >= 4 is 23.6 Å². The molecule has 7 heteroatoms. The molecule has 6 nitrogen and oxygen atoms in total. The number of nitrogens with one attached hydrogen (secondary N) is 1. The van der Waals surface area contributed by atoms with E-state index in [1.165, 1.54) is 6.08 Å². The van der Waals surface area contributed by atoms with Gasteiger partial charge >= 0.3 is 0 Å². The fourth-order valence-electron chi connectivity index (χ4n) is 3.13.